The van der Waals surface area contributed by atoms with E-state index in [0.717, 1.165) is 22.7 Å². The van der Waals surface area contributed by atoms with Crippen molar-refractivity contribution in [2.45, 2.75) is 34.2 Å². The Labute approximate surface area is 175 Å². The number of fused-ring (bicyclic) bond motifs is 1. The first-order chi connectivity index (χ1) is 14.4. The van der Waals surface area contributed by atoms with Gasteiger partial charge in [-0.05, 0) is 56.5 Å². The maximum Gasteiger partial charge on any atom is 0.261 e. The zero-order chi connectivity index (χ0) is 21.4. The SMILES string of the molecule is [C-]#[N+]c1cccn(-c2cc(NCc3c(C)cccc3C)c3nc(C)c(C)n3c2)c1=O. The number of nitrogens with zero attached hydrogens (tertiary/aromatic N) is 4. The van der Waals surface area contributed by atoms with Crippen molar-refractivity contribution in [1.29, 1.82) is 0 Å². The smallest absolute Gasteiger partial charge is 0.261 e. The topological polar surface area (TPSA) is 55.7 Å². The van der Waals surface area contributed by atoms with Crippen molar-refractivity contribution < 1.29 is 0 Å². The number of aromatic nitrogens is 3. The van der Waals surface area contributed by atoms with Gasteiger partial charge in [0.15, 0.2) is 5.65 Å². The van der Waals surface area contributed by atoms with E-state index in [1.165, 1.54) is 27.3 Å². The van der Waals surface area contributed by atoms with Crippen LogP contribution in [0.3, 0.4) is 0 Å². The number of hydrogen-bond acceptors (Lipinski definition) is 3. The van der Waals surface area contributed by atoms with E-state index in [4.69, 9.17) is 11.6 Å². The minimum atomic E-state index is -0.331. The van der Waals surface area contributed by atoms with Crippen molar-refractivity contribution in [2.24, 2.45) is 0 Å². The van der Waals surface area contributed by atoms with Crippen LogP contribution in [-0.2, 0) is 6.54 Å². The molecule has 0 radical (unpaired) electrons. The molecule has 30 heavy (non-hydrogen) atoms. The Balaban J connectivity index is 1.86. The predicted octanol–water partition coefficient (Wildman–Crippen LogP) is 4.88. The second-order valence-electron chi connectivity index (χ2n) is 7.49. The van der Waals surface area contributed by atoms with E-state index in [-0.39, 0.29) is 11.2 Å². The third-order valence-electron chi connectivity index (χ3n) is 5.61. The molecule has 0 aliphatic carbocycles. The number of aryl methyl sites for hydroxylation is 4. The van der Waals surface area contributed by atoms with Crippen LogP contribution in [0.25, 0.3) is 16.2 Å². The molecule has 0 aliphatic heterocycles. The molecule has 0 fully saturated rings. The van der Waals surface area contributed by atoms with Crippen molar-refractivity contribution in [3.8, 4) is 5.69 Å². The summed E-state index contributed by atoms with van der Waals surface area (Å²) in [5.41, 5.74) is 7.75. The lowest BCUT2D eigenvalue weighted by Crippen LogP contribution is -2.17. The average molecular weight is 397 g/mol. The summed E-state index contributed by atoms with van der Waals surface area (Å²) in [5, 5.41) is 3.53. The van der Waals surface area contributed by atoms with Crippen molar-refractivity contribution in [3.63, 3.8) is 0 Å². The summed E-state index contributed by atoms with van der Waals surface area (Å²) in [5.74, 6) is 0. The van der Waals surface area contributed by atoms with Crippen LogP contribution in [-0.4, -0.2) is 14.0 Å². The number of hydrogen-bond donors (Lipinski definition) is 1. The molecule has 4 rings (SSSR count). The first-order valence-electron chi connectivity index (χ1n) is 9.78. The normalized spacial score (nSPS) is 10.9. The fraction of sp³-hybridized carbons (Fsp3) is 0.208. The molecule has 6 nitrogen and oxygen atoms in total. The highest BCUT2D eigenvalue weighted by Gasteiger charge is 2.14. The molecule has 1 N–H and O–H groups in total. The maximum atomic E-state index is 12.7. The largest absolute Gasteiger partial charge is 0.378 e. The van der Waals surface area contributed by atoms with Crippen molar-refractivity contribution in [3.05, 3.63) is 98.6 Å². The lowest BCUT2D eigenvalue weighted by Gasteiger charge is -2.15. The predicted molar refractivity (Wildman–Crippen MR) is 120 cm³/mol. The van der Waals surface area contributed by atoms with Gasteiger partial charge in [0.25, 0.3) is 11.2 Å². The van der Waals surface area contributed by atoms with Crippen LogP contribution in [0, 0.1) is 34.3 Å². The minimum absolute atomic E-state index is 0.0983. The molecule has 0 atom stereocenters. The lowest BCUT2D eigenvalue weighted by atomic mass is 10.0. The van der Waals surface area contributed by atoms with E-state index in [1.807, 2.05) is 30.5 Å². The molecule has 1 aromatic carbocycles. The zero-order valence-corrected chi connectivity index (χ0v) is 17.5. The van der Waals surface area contributed by atoms with Crippen LogP contribution in [0.5, 0.6) is 0 Å². The molecule has 3 heterocycles. The van der Waals surface area contributed by atoms with Crippen LogP contribution < -0.4 is 10.9 Å². The third-order valence-corrected chi connectivity index (χ3v) is 5.61. The molecule has 0 amide bonds. The Hall–Kier alpha value is -3.85. The fourth-order valence-corrected chi connectivity index (χ4v) is 3.70. The molecule has 150 valence electrons. The summed E-state index contributed by atoms with van der Waals surface area (Å²) in [6.45, 7) is 16.1. The van der Waals surface area contributed by atoms with Crippen LogP contribution in [0.2, 0.25) is 0 Å². The molecular formula is C24H23N5O. The van der Waals surface area contributed by atoms with Gasteiger partial charge in [-0.3, -0.25) is 9.36 Å². The first kappa shape index (κ1) is 19.5. The number of pyridine rings is 2. The molecule has 4 aromatic rings. The highest BCUT2D eigenvalue weighted by atomic mass is 16.1. The Morgan fingerprint density at radius 1 is 1.10 bits per heavy atom. The summed E-state index contributed by atoms with van der Waals surface area (Å²) in [4.78, 5) is 20.8. The van der Waals surface area contributed by atoms with Gasteiger partial charge < -0.3 is 9.72 Å². The highest BCUT2D eigenvalue weighted by molar-refractivity contribution is 5.72. The molecule has 0 spiro atoms. The Morgan fingerprint density at radius 3 is 2.53 bits per heavy atom. The van der Waals surface area contributed by atoms with Gasteiger partial charge in [-0.1, -0.05) is 24.3 Å². The number of rotatable bonds is 4. The fourth-order valence-electron chi connectivity index (χ4n) is 3.70. The molecule has 0 saturated carbocycles. The first-order valence-corrected chi connectivity index (χ1v) is 9.78. The number of imidazole rings is 1. The summed E-state index contributed by atoms with van der Waals surface area (Å²) in [7, 11) is 0. The molecule has 0 unspecified atom stereocenters. The van der Waals surface area contributed by atoms with Gasteiger partial charge in [-0.25, -0.2) is 9.83 Å². The number of nitrogens with one attached hydrogen (secondary N) is 1. The Bertz CT molecular complexity index is 1350. The molecule has 3 aromatic heterocycles. The molecule has 6 heteroatoms. The minimum Gasteiger partial charge on any atom is -0.378 e. The summed E-state index contributed by atoms with van der Waals surface area (Å²) in [6.07, 6.45) is 3.58. The van der Waals surface area contributed by atoms with Gasteiger partial charge in [0.1, 0.15) is 0 Å². The van der Waals surface area contributed by atoms with E-state index >= 15 is 0 Å². The zero-order valence-electron chi connectivity index (χ0n) is 17.5. The van der Waals surface area contributed by atoms with E-state index in [1.54, 1.807) is 12.3 Å². The van der Waals surface area contributed by atoms with Crippen LogP contribution >= 0.6 is 0 Å². The Kier molecular flexibility index (Phi) is 4.88. The molecule has 0 bridgehead atoms. The molecule has 0 saturated heterocycles. The van der Waals surface area contributed by atoms with Crippen molar-refractivity contribution >= 4 is 17.0 Å². The monoisotopic (exact) mass is 397 g/mol. The summed E-state index contributed by atoms with van der Waals surface area (Å²) < 4.78 is 3.50. The average Bonchev–Trinajstić information content (AvgIpc) is 3.02. The van der Waals surface area contributed by atoms with Crippen LogP contribution in [0.4, 0.5) is 11.4 Å². The van der Waals surface area contributed by atoms with Crippen molar-refractivity contribution in [2.75, 3.05) is 5.32 Å². The second-order valence-corrected chi connectivity index (χ2v) is 7.49. The summed E-state index contributed by atoms with van der Waals surface area (Å²) in [6, 6.07) is 11.4. The van der Waals surface area contributed by atoms with Crippen LogP contribution in [0.15, 0.2) is 53.6 Å². The van der Waals surface area contributed by atoms with Crippen LogP contribution in [0.1, 0.15) is 28.1 Å². The van der Waals surface area contributed by atoms with Gasteiger partial charge >= 0.3 is 0 Å². The second kappa shape index (κ2) is 7.53. The summed E-state index contributed by atoms with van der Waals surface area (Å²) >= 11 is 0. The van der Waals surface area contributed by atoms with Crippen molar-refractivity contribution in [1.82, 2.24) is 14.0 Å². The van der Waals surface area contributed by atoms with Gasteiger partial charge in [0, 0.05) is 24.6 Å². The van der Waals surface area contributed by atoms with Gasteiger partial charge in [-0.2, -0.15) is 0 Å². The highest BCUT2D eigenvalue weighted by Crippen LogP contribution is 2.25. The van der Waals surface area contributed by atoms with E-state index in [0.29, 0.717) is 12.2 Å². The van der Waals surface area contributed by atoms with E-state index in [2.05, 4.69) is 42.2 Å². The Morgan fingerprint density at radius 2 is 1.83 bits per heavy atom. The van der Waals surface area contributed by atoms with Gasteiger partial charge in [-0.15, -0.1) is 0 Å². The molecular weight excluding hydrogens is 374 g/mol. The number of benzene rings is 1. The standard InChI is InChI=1S/C24H23N5O/c1-15-8-6-9-16(2)20(15)13-26-22-12-19(14-29-18(4)17(3)27-23(22)29)28-11-7-10-21(25-5)24(28)30/h6-12,14,26H,13H2,1-4H3. The number of anilines is 1. The van der Waals surface area contributed by atoms with Gasteiger partial charge in [0.05, 0.1) is 23.6 Å². The van der Waals surface area contributed by atoms with E-state index < -0.39 is 0 Å². The quantitative estimate of drug-likeness (QED) is 0.499. The lowest BCUT2D eigenvalue weighted by molar-refractivity contribution is 0.963. The third kappa shape index (κ3) is 3.25. The van der Waals surface area contributed by atoms with Gasteiger partial charge in [0.2, 0.25) is 0 Å². The van der Waals surface area contributed by atoms with E-state index in [9.17, 15) is 4.79 Å². The molecule has 0 aliphatic rings. The maximum absolute atomic E-state index is 12.7.